The van der Waals surface area contributed by atoms with Crippen molar-refractivity contribution in [3.05, 3.63) is 0 Å². The number of nitrogens with zero attached hydrogens (tertiary/aromatic N) is 1. The minimum Gasteiger partial charge on any atom is -0.272 e. The van der Waals surface area contributed by atoms with Gasteiger partial charge in [0, 0.05) is 11.6 Å². The zero-order chi connectivity index (χ0) is 7.49. The van der Waals surface area contributed by atoms with Gasteiger partial charge >= 0.3 is 0 Å². The fourth-order valence-electron chi connectivity index (χ4n) is 0.311. The first-order valence-electron chi connectivity index (χ1n) is 3.01. The Morgan fingerprint density at radius 3 is 2.00 bits per heavy atom. The zero-order valence-electron chi connectivity index (χ0n) is 6.43. The summed E-state index contributed by atoms with van der Waals surface area (Å²) < 4.78 is 0. The zero-order valence-corrected chi connectivity index (χ0v) is 6.43. The quantitative estimate of drug-likeness (QED) is 0.455. The lowest BCUT2D eigenvalue weighted by atomic mass is 9.96. The van der Waals surface area contributed by atoms with Crippen LogP contribution in [0.5, 0.6) is 0 Å². The number of hydrogen-bond acceptors (Lipinski definition) is 1. The summed E-state index contributed by atoms with van der Waals surface area (Å²) in [5, 5.41) is 0. The molecule has 0 aliphatic heterocycles. The second-order valence-electron chi connectivity index (χ2n) is 2.94. The van der Waals surface area contributed by atoms with Crippen molar-refractivity contribution in [2.24, 2.45) is 10.4 Å². The van der Waals surface area contributed by atoms with E-state index in [2.05, 4.69) is 4.99 Å². The number of aliphatic imine (C=N–C) groups is 1. The highest BCUT2D eigenvalue weighted by molar-refractivity contribution is 5.88. The van der Waals surface area contributed by atoms with Crippen LogP contribution in [0.15, 0.2) is 4.99 Å². The number of hydrogen-bond donors (Lipinski definition) is 0. The molecule has 0 aromatic rings. The predicted octanol–water partition coefficient (Wildman–Crippen LogP) is 1.65. The number of carbonyl (C=O) groups excluding carboxylic acids is 1. The molecule has 0 aromatic heterocycles. The number of rotatable bonds is 0. The summed E-state index contributed by atoms with van der Waals surface area (Å²) in [7, 11) is 0. The van der Waals surface area contributed by atoms with Gasteiger partial charge in [-0.05, 0) is 6.92 Å². The molecule has 0 aromatic carbocycles. The Kier molecular flexibility index (Phi) is 2.56. The van der Waals surface area contributed by atoms with Crippen LogP contribution < -0.4 is 0 Å². The topological polar surface area (TPSA) is 29.4 Å². The number of carbonyl (C=O) groups is 1. The Balaban J connectivity index is 4.06. The van der Waals surface area contributed by atoms with Crippen LogP contribution in [0.2, 0.25) is 0 Å². The van der Waals surface area contributed by atoms with Gasteiger partial charge in [-0.25, -0.2) is 4.99 Å². The van der Waals surface area contributed by atoms with Gasteiger partial charge in [-0.15, -0.1) is 0 Å². The molecule has 0 bridgehead atoms. The van der Waals surface area contributed by atoms with Crippen LogP contribution in [0, 0.1) is 5.41 Å². The second kappa shape index (κ2) is 2.76. The van der Waals surface area contributed by atoms with Gasteiger partial charge in [0.05, 0.1) is 0 Å². The Hall–Kier alpha value is -0.660. The SMILES string of the molecule is C/C=N/C(=O)C(C)(C)C. The van der Waals surface area contributed by atoms with Crippen LogP contribution in [0.1, 0.15) is 27.7 Å². The summed E-state index contributed by atoms with van der Waals surface area (Å²) in [5.74, 6) is -0.0648. The normalized spacial score (nSPS) is 12.4. The fourth-order valence-corrected chi connectivity index (χ4v) is 0.311. The average Bonchev–Trinajstić information content (AvgIpc) is 1.64. The molecule has 0 N–H and O–H groups in total. The molecule has 9 heavy (non-hydrogen) atoms. The predicted molar refractivity (Wildman–Crippen MR) is 38.6 cm³/mol. The Morgan fingerprint density at radius 2 is 1.89 bits per heavy atom. The van der Waals surface area contributed by atoms with E-state index < -0.39 is 0 Å². The molecule has 0 radical (unpaired) electrons. The van der Waals surface area contributed by atoms with Crippen molar-refractivity contribution >= 4 is 12.1 Å². The minimum atomic E-state index is -0.327. The van der Waals surface area contributed by atoms with Crippen LogP contribution in [0.4, 0.5) is 0 Å². The molecule has 0 saturated carbocycles. The van der Waals surface area contributed by atoms with Gasteiger partial charge in [0.15, 0.2) is 0 Å². The van der Waals surface area contributed by atoms with Crippen LogP contribution in [0.3, 0.4) is 0 Å². The summed E-state index contributed by atoms with van der Waals surface area (Å²) in [4.78, 5) is 14.5. The maximum absolute atomic E-state index is 10.9. The first kappa shape index (κ1) is 8.34. The van der Waals surface area contributed by atoms with Crippen molar-refractivity contribution in [2.45, 2.75) is 27.7 Å². The molecule has 0 aliphatic carbocycles. The molecule has 0 spiro atoms. The third-order valence-electron chi connectivity index (χ3n) is 0.888. The third-order valence-corrected chi connectivity index (χ3v) is 0.888. The third kappa shape index (κ3) is 3.01. The maximum atomic E-state index is 10.9. The molecule has 0 rings (SSSR count). The lowest BCUT2D eigenvalue weighted by molar-refractivity contribution is -0.124. The molecule has 52 valence electrons. The molecule has 0 atom stereocenters. The molecule has 0 unspecified atom stereocenters. The molecular weight excluding hydrogens is 114 g/mol. The van der Waals surface area contributed by atoms with Crippen molar-refractivity contribution in [1.82, 2.24) is 0 Å². The lowest BCUT2D eigenvalue weighted by Gasteiger charge is -2.11. The molecular formula is C7H13NO. The van der Waals surface area contributed by atoms with Gasteiger partial charge in [0.25, 0.3) is 5.91 Å². The van der Waals surface area contributed by atoms with Crippen molar-refractivity contribution in [2.75, 3.05) is 0 Å². The van der Waals surface area contributed by atoms with Crippen molar-refractivity contribution in [1.29, 1.82) is 0 Å². The molecule has 0 fully saturated rings. The summed E-state index contributed by atoms with van der Waals surface area (Å²) in [6.07, 6.45) is 1.52. The van der Waals surface area contributed by atoms with E-state index in [1.807, 2.05) is 20.8 Å². The molecule has 1 amide bonds. The standard InChI is InChI=1S/C7H13NO/c1-5-8-6(9)7(2,3)4/h5H,1-4H3/b8-5+. The van der Waals surface area contributed by atoms with E-state index >= 15 is 0 Å². The summed E-state index contributed by atoms with van der Waals surface area (Å²) in [5.41, 5.74) is -0.327. The molecule has 2 nitrogen and oxygen atoms in total. The monoisotopic (exact) mass is 127 g/mol. The van der Waals surface area contributed by atoms with Crippen molar-refractivity contribution in [3.8, 4) is 0 Å². The maximum Gasteiger partial charge on any atom is 0.250 e. The van der Waals surface area contributed by atoms with Crippen LogP contribution in [-0.4, -0.2) is 12.1 Å². The molecule has 0 heterocycles. The van der Waals surface area contributed by atoms with Crippen molar-refractivity contribution < 1.29 is 4.79 Å². The highest BCUT2D eigenvalue weighted by Crippen LogP contribution is 2.14. The van der Waals surface area contributed by atoms with Crippen LogP contribution >= 0.6 is 0 Å². The van der Waals surface area contributed by atoms with Gasteiger partial charge < -0.3 is 0 Å². The van der Waals surface area contributed by atoms with Gasteiger partial charge in [-0.2, -0.15) is 0 Å². The van der Waals surface area contributed by atoms with E-state index in [1.54, 1.807) is 6.92 Å². The fraction of sp³-hybridized carbons (Fsp3) is 0.714. The van der Waals surface area contributed by atoms with Gasteiger partial charge in [-0.3, -0.25) is 4.79 Å². The van der Waals surface area contributed by atoms with E-state index in [0.717, 1.165) is 0 Å². The van der Waals surface area contributed by atoms with E-state index in [1.165, 1.54) is 6.21 Å². The molecule has 0 aliphatic rings. The van der Waals surface area contributed by atoms with Gasteiger partial charge in [0.2, 0.25) is 0 Å². The highest BCUT2D eigenvalue weighted by atomic mass is 16.1. The van der Waals surface area contributed by atoms with E-state index in [9.17, 15) is 4.79 Å². The smallest absolute Gasteiger partial charge is 0.250 e. The Morgan fingerprint density at radius 1 is 1.44 bits per heavy atom. The van der Waals surface area contributed by atoms with Gasteiger partial charge in [0.1, 0.15) is 0 Å². The first-order chi connectivity index (χ1) is 3.98. The summed E-state index contributed by atoms with van der Waals surface area (Å²) in [6, 6.07) is 0. The summed E-state index contributed by atoms with van der Waals surface area (Å²) >= 11 is 0. The summed E-state index contributed by atoms with van der Waals surface area (Å²) in [6.45, 7) is 7.29. The lowest BCUT2D eigenvalue weighted by Crippen LogP contribution is -2.17. The Bertz CT molecular complexity index is 130. The van der Waals surface area contributed by atoms with Crippen LogP contribution in [-0.2, 0) is 4.79 Å². The van der Waals surface area contributed by atoms with E-state index in [-0.39, 0.29) is 11.3 Å². The molecule has 0 saturated heterocycles. The second-order valence-corrected chi connectivity index (χ2v) is 2.94. The van der Waals surface area contributed by atoms with E-state index in [4.69, 9.17) is 0 Å². The van der Waals surface area contributed by atoms with Crippen LogP contribution in [0.25, 0.3) is 0 Å². The molecule has 2 heteroatoms. The highest BCUT2D eigenvalue weighted by Gasteiger charge is 2.19. The first-order valence-corrected chi connectivity index (χ1v) is 3.01. The van der Waals surface area contributed by atoms with E-state index in [0.29, 0.717) is 0 Å². The average molecular weight is 127 g/mol. The Labute approximate surface area is 56.0 Å². The van der Waals surface area contributed by atoms with Crippen molar-refractivity contribution in [3.63, 3.8) is 0 Å². The minimum absolute atomic E-state index is 0.0648. The largest absolute Gasteiger partial charge is 0.272 e. The number of amides is 1. The van der Waals surface area contributed by atoms with Gasteiger partial charge in [-0.1, -0.05) is 20.8 Å².